The summed E-state index contributed by atoms with van der Waals surface area (Å²) < 4.78 is 0. The molecule has 0 aromatic rings. The molecule has 0 aromatic heterocycles. The summed E-state index contributed by atoms with van der Waals surface area (Å²) in [5, 5.41) is 8.66. The fourth-order valence-electron chi connectivity index (χ4n) is 2.01. The van der Waals surface area contributed by atoms with Gasteiger partial charge < -0.3 is 20.6 Å². The van der Waals surface area contributed by atoms with Gasteiger partial charge in [-0.2, -0.15) is 0 Å². The van der Waals surface area contributed by atoms with Crippen LogP contribution in [0, 0.1) is 0 Å². The predicted octanol–water partition coefficient (Wildman–Crippen LogP) is -0.659. The first-order valence-electron chi connectivity index (χ1n) is 5.84. The van der Waals surface area contributed by atoms with Crippen LogP contribution < -0.4 is 5.73 Å². The first kappa shape index (κ1) is 13.9. The van der Waals surface area contributed by atoms with E-state index in [4.69, 9.17) is 10.8 Å². The molecule has 1 atom stereocenters. The number of carbonyl (C=O) groups is 2. The number of piperidine rings is 1. The van der Waals surface area contributed by atoms with Gasteiger partial charge in [0.25, 0.3) is 0 Å². The number of carboxylic acid groups (broad SMARTS) is 1. The van der Waals surface area contributed by atoms with Crippen LogP contribution in [0.15, 0.2) is 0 Å². The van der Waals surface area contributed by atoms with Crippen molar-refractivity contribution in [3.8, 4) is 0 Å². The summed E-state index contributed by atoms with van der Waals surface area (Å²) in [6.45, 7) is 1.93. The highest BCUT2D eigenvalue weighted by atomic mass is 16.4. The van der Waals surface area contributed by atoms with E-state index in [0.717, 1.165) is 25.9 Å². The van der Waals surface area contributed by atoms with Crippen LogP contribution in [0.2, 0.25) is 0 Å². The Labute approximate surface area is 101 Å². The Morgan fingerprint density at radius 1 is 1.47 bits per heavy atom. The van der Waals surface area contributed by atoms with Crippen molar-refractivity contribution in [1.82, 2.24) is 9.80 Å². The van der Waals surface area contributed by atoms with Gasteiger partial charge in [0, 0.05) is 13.1 Å². The van der Waals surface area contributed by atoms with E-state index >= 15 is 0 Å². The number of carboxylic acids is 1. The third kappa shape index (κ3) is 3.98. The molecular weight excluding hydrogens is 222 g/mol. The van der Waals surface area contributed by atoms with Gasteiger partial charge in [0.15, 0.2) is 0 Å². The van der Waals surface area contributed by atoms with Crippen LogP contribution in [0.5, 0.6) is 0 Å². The largest absolute Gasteiger partial charge is 0.480 e. The minimum absolute atomic E-state index is 0.127. The van der Waals surface area contributed by atoms with Gasteiger partial charge in [-0.1, -0.05) is 0 Å². The number of likely N-dealkylation sites (tertiary alicyclic amines) is 1. The van der Waals surface area contributed by atoms with Crippen molar-refractivity contribution in [2.45, 2.75) is 31.3 Å². The molecule has 0 spiro atoms. The molecule has 6 heteroatoms. The molecule has 0 radical (unpaired) electrons. The maximum atomic E-state index is 11.8. The van der Waals surface area contributed by atoms with Crippen molar-refractivity contribution < 1.29 is 14.7 Å². The number of amides is 1. The van der Waals surface area contributed by atoms with E-state index < -0.39 is 12.0 Å². The van der Waals surface area contributed by atoms with Crippen LogP contribution in [-0.4, -0.2) is 66.1 Å². The first-order chi connectivity index (χ1) is 7.91. The minimum Gasteiger partial charge on any atom is -0.480 e. The van der Waals surface area contributed by atoms with Crippen LogP contribution >= 0.6 is 0 Å². The maximum Gasteiger partial charge on any atom is 0.321 e. The molecule has 0 saturated carbocycles. The third-order valence-electron chi connectivity index (χ3n) is 3.34. The Kier molecular flexibility index (Phi) is 4.89. The number of rotatable bonds is 4. The van der Waals surface area contributed by atoms with Crippen molar-refractivity contribution in [2.75, 3.05) is 27.2 Å². The molecule has 1 saturated heterocycles. The molecule has 0 aliphatic carbocycles. The molecule has 1 fully saturated rings. The Morgan fingerprint density at radius 3 is 2.47 bits per heavy atom. The van der Waals surface area contributed by atoms with E-state index in [0.29, 0.717) is 0 Å². The number of nitrogens with zero attached hydrogens (tertiary/aromatic N) is 2. The molecule has 6 nitrogen and oxygen atoms in total. The Morgan fingerprint density at radius 2 is 2.00 bits per heavy atom. The van der Waals surface area contributed by atoms with Gasteiger partial charge in [0.2, 0.25) is 5.91 Å². The Bertz CT molecular complexity index is 288. The second-order valence-electron chi connectivity index (χ2n) is 4.69. The molecule has 3 N–H and O–H groups in total. The average Bonchev–Trinajstić information content (AvgIpc) is 2.28. The number of hydrogen-bond donors (Lipinski definition) is 2. The number of nitrogens with two attached hydrogens (primary N) is 1. The van der Waals surface area contributed by atoms with E-state index in [1.165, 1.54) is 0 Å². The molecule has 1 aliphatic rings. The summed E-state index contributed by atoms with van der Waals surface area (Å²) in [4.78, 5) is 26.3. The lowest BCUT2D eigenvalue weighted by molar-refractivity contribution is -0.143. The molecule has 1 aliphatic heterocycles. The lowest BCUT2D eigenvalue weighted by atomic mass is 10.0. The molecular formula is C11H21N3O3. The lowest BCUT2D eigenvalue weighted by Crippen LogP contribution is -2.46. The number of hydrogen-bond acceptors (Lipinski definition) is 4. The first-order valence-corrected chi connectivity index (χ1v) is 5.84. The van der Waals surface area contributed by atoms with Crippen LogP contribution in [0.3, 0.4) is 0 Å². The molecule has 1 unspecified atom stereocenters. The fraction of sp³-hybridized carbons (Fsp3) is 0.818. The minimum atomic E-state index is -1.13. The zero-order chi connectivity index (χ0) is 13.0. The Hall–Kier alpha value is -1.14. The SMILES string of the molecule is CN1CCC(N(C)C(=O)CC(N)C(=O)O)CC1. The standard InChI is InChI=1S/C11H21N3O3/c1-13-5-3-8(4-6-13)14(2)10(15)7-9(12)11(16)17/h8-9H,3-7,12H2,1-2H3,(H,16,17). The molecule has 0 aromatic carbocycles. The van der Waals surface area contributed by atoms with Crippen molar-refractivity contribution in [3.63, 3.8) is 0 Å². The highest BCUT2D eigenvalue weighted by Crippen LogP contribution is 2.15. The van der Waals surface area contributed by atoms with Crippen molar-refractivity contribution >= 4 is 11.9 Å². The van der Waals surface area contributed by atoms with E-state index in [-0.39, 0.29) is 18.4 Å². The van der Waals surface area contributed by atoms with Crippen LogP contribution in [-0.2, 0) is 9.59 Å². The number of carbonyl (C=O) groups excluding carboxylic acids is 1. The molecule has 1 rings (SSSR count). The summed E-state index contributed by atoms with van der Waals surface area (Å²) in [5.41, 5.74) is 5.35. The second-order valence-corrected chi connectivity index (χ2v) is 4.69. The monoisotopic (exact) mass is 243 g/mol. The van der Waals surface area contributed by atoms with Gasteiger partial charge in [-0.05, 0) is 33.0 Å². The van der Waals surface area contributed by atoms with Crippen LogP contribution in [0.1, 0.15) is 19.3 Å². The summed E-state index contributed by atoms with van der Waals surface area (Å²) >= 11 is 0. The molecule has 17 heavy (non-hydrogen) atoms. The Balaban J connectivity index is 2.43. The van der Waals surface area contributed by atoms with E-state index in [2.05, 4.69) is 11.9 Å². The summed E-state index contributed by atoms with van der Waals surface area (Å²) in [6.07, 6.45) is 1.74. The molecule has 0 bridgehead atoms. The van der Waals surface area contributed by atoms with Gasteiger partial charge in [-0.15, -0.1) is 0 Å². The van der Waals surface area contributed by atoms with Gasteiger partial charge >= 0.3 is 5.97 Å². The van der Waals surface area contributed by atoms with E-state index in [1.54, 1.807) is 11.9 Å². The predicted molar refractivity (Wildman–Crippen MR) is 63.5 cm³/mol. The smallest absolute Gasteiger partial charge is 0.321 e. The van der Waals surface area contributed by atoms with Gasteiger partial charge in [0.1, 0.15) is 6.04 Å². The van der Waals surface area contributed by atoms with E-state index in [9.17, 15) is 9.59 Å². The van der Waals surface area contributed by atoms with Gasteiger partial charge in [0.05, 0.1) is 6.42 Å². The normalized spacial score (nSPS) is 19.9. The zero-order valence-corrected chi connectivity index (χ0v) is 10.4. The molecule has 1 amide bonds. The zero-order valence-electron chi connectivity index (χ0n) is 10.4. The molecule has 98 valence electrons. The summed E-state index contributed by atoms with van der Waals surface area (Å²) in [7, 11) is 3.78. The van der Waals surface area contributed by atoms with E-state index in [1.807, 2.05) is 0 Å². The fourth-order valence-corrected chi connectivity index (χ4v) is 2.01. The topological polar surface area (TPSA) is 86.9 Å². The van der Waals surface area contributed by atoms with Gasteiger partial charge in [-0.3, -0.25) is 9.59 Å². The van der Waals surface area contributed by atoms with Crippen molar-refractivity contribution in [2.24, 2.45) is 5.73 Å². The summed E-state index contributed by atoms with van der Waals surface area (Å²) in [6, 6.07) is -0.893. The third-order valence-corrected chi connectivity index (χ3v) is 3.34. The molecule has 1 heterocycles. The average molecular weight is 243 g/mol. The summed E-state index contributed by atoms with van der Waals surface area (Å²) in [5.74, 6) is -1.32. The van der Waals surface area contributed by atoms with Gasteiger partial charge in [-0.25, -0.2) is 0 Å². The highest BCUT2D eigenvalue weighted by Gasteiger charge is 2.26. The quantitative estimate of drug-likeness (QED) is 0.684. The number of aliphatic carboxylic acids is 1. The van der Waals surface area contributed by atoms with Crippen molar-refractivity contribution in [3.05, 3.63) is 0 Å². The maximum absolute atomic E-state index is 11.8. The van der Waals surface area contributed by atoms with Crippen LogP contribution in [0.25, 0.3) is 0 Å². The lowest BCUT2D eigenvalue weighted by Gasteiger charge is -2.35. The van der Waals surface area contributed by atoms with Crippen molar-refractivity contribution in [1.29, 1.82) is 0 Å². The van der Waals surface area contributed by atoms with Crippen LogP contribution in [0.4, 0.5) is 0 Å². The second kappa shape index (κ2) is 5.97. The highest BCUT2D eigenvalue weighted by molar-refractivity contribution is 5.84.